The maximum absolute atomic E-state index is 14.2. The van der Waals surface area contributed by atoms with Gasteiger partial charge in [-0.3, -0.25) is 0 Å². The molecule has 1 aliphatic carbocycles. The summed E-state index contributed by atoms with van der Waals surface area (Å²) in [6.07, 6.45) is 3.28. The average molecular weight is 306 g/mol. The first kappa shape index (κ1) is 14.3. The van der Waals surface area contributed by atoms with Crippen LogP contribution >= 0.6 is 11.6 Å². The molecule has 0 spiro atoms. The standard InChI is InChI=1S/C16H17ClFN3/c1-2-8-19-14-9-13(10-6-7-10)20-16(21-14)11-4-3-5-12(17)15(11)18/h3-5,9-10H,2,6-8H2,1H3,(H,19,20,21). The van der Waals surface area contributed by atoms with Crippen molar-refractivity contribution in [1.29, 1.82) is 0 Å². The van der Waals surface area contributed by atoms with Crippen LogP contribution in [0.25, 0.3) is 11.4 Å². The highest BCUT2D eigenvalue weighted by Crippen LogP contribution is 2.40. The SMILES string of the molecule is CCCNc1cc(C2CC2)nc(-c2cccc(Cl)c2F)n1. The molecule has 21 heavy (non-hydrogen) atoms. The molecule has 0 bridgehead atoms. The summed E-state index contributed by atoms with van der Waals surface area (Å²) in [4.78, 5) is 8.96. The zero-order valence-electron chi connectivity index (χ0n) is 11.9. The average Bonchev–Trinajstić information content (AvgIpc) is 3.32. The highest BCUT2D eigenvalue weighted by atomic mass is 35.5. The zero-order valence-corrected chi connectivity index (χ0v) is 12.6. The number of hydrogen-bond donors (Lipinski definition) is 1. The lowest BCUT2D eigenvalue weighted by Crippen LogP contribution is -2.06. The minimum absolute atomic E-state index is 0.0935. The van der Waals surface area contributed by atoms with E-state index in [4.69, 9.17) is 11.6 Å². The van der Waals surface area contributed by atoms with E-state index in [1.54, 1.807) is 12.1 Å². The molecule has 2 aromatic rings. The maximum Gasteiger partial charge on any atom is 0.164 e. The van der Waals surface area contributed by atoms with Crippen molar-refractivity contribution in [2.24, 2.45) is 0 Å². The van der Waals surface area contributed by atoms with Crippen molar-refractivity contribution in [2.75, 3.05) is 11.9 Å². The van der Waals surface area contributed by atoms with Crippen molar-refractivity contribution >= 4 is 17.4 Å². The zero-order chi connectivity index (χ0) is 14.8. The van der Waals surface area contributed by atoms with Crippen molar-refractivity contribution in [3.05, 3.63) is 40.8 Å². The number of benzene rings is 1. The summed E-state index contributed by atoms with van der Waals surface area (Å²) in [5, 5.41) is 3.35. The minimum atomic E-state index is -0.464. The molecule has 3 rings (SSSR count). The van der Waals surface area contributed by atoms with E-state index in [-0.39, 0.29) is 5.02 Å². The van der Waals surface area contributed by atoms with Gasteiger partial charge < -0.3 is 5.32 Å². The molecule has 0 unspecified atom stereocenters. The van der Waals surface area contributed by atoms with Gasteiger partial charge in [-0.25, -0.2) is 14.4 Å². The second kappa shape index (κ2) is 5.98. The summed E-state index contributed by atoms with van der Waals surface area (Å²) < 4.78 is 14.2. The molecule has 1 aromatic heterocycles. The predicted octanol–water partition coefficient (Wildman–Crippen LogP) is 4.64. The fourth-order valence-corrected chi connectivity index (χ4v) is 2.37. The van der Waals surface area contributed by atoms with E-state index in [1.807, 2.05) is 6.07 Å². The first-order chi connectivity index (χ1) is 10.2. The summed E-state index contributed by atoms with van der Waals surface area (Å²) in [6, 6.07) is 6.88. The lowest BCUT2D eigenvalue weighted by Gasteiger charge is -2.10. The Morgan fingerprint density at radius 3 is 2.86 bits per heavy atom. The molecule has 1 N–H and O–H groups in total. The van der Waals surface area contributed by atoms with E-state index in [9.17, 15) is 4.39 Å². The van der Waals surface area contributed by atoms with E-state index >= 15 is 0 Å². The van der Waals surface area contributed by atoms with Gasteiger partial charge >= 0.3 is 0 Å². The Hall–Kier alpha value is -1.68. The number of rotatable bonds is 5. The van der Waals surface area contributed by atoms with Gasteiger partial charge in [-0.15, -0.1) is 0 Å². The van der Waals surface area contributed by atoms with Crippen molar-refractivity contribution < 1.29 is 4.39 Å². The monoisotopic (exact) mass is 305 g/mol. The first-order valence-electron chi connectivity index (χ1n) is 7.26. The summed E-state index contributed by atoms with van der Waals surface area (Å²) in [7, 11) is 0. The Kier molecular flexibility index (Phi) is 4.06. The molecule has 5 heteroatoms. The fraction of sp³-hybridized carbons (Fsp3) is 0.375. The van der Waals surface area contributed by atoms with Gasteiger partial charge in [0.2, 0.25) is 0 Å². The number of nitrogens with one attached hydrogen (secondary N) is 1. The molecule has 3 nitrogen and oxygen atoms in total. The number of nitrogens with zero attached hydrogens (tertiary/aromatic N) is 2. The molecule has 110 valence electrons. The summed E-state index contributed by atoms with van der Waals surface area (Å²) in [5.41, 5.74) is 1.34. The molecule has 0 amide bonds. The van der Waals surface area contributed by atoms with Crippen LogP contribution in [0, 0.1) is 5.82 Å². The van der Waals surface area contributed by atoms with Gasteiger partial charge in [-0.2, -0.15) is 0 Å². The van der Waals surface area contributed by atoms with Crippen molar-refractivity contribution in [1.82, 2.24) is 9.97 Å². The Morgan fingerprint density at radius 2 is 2.14 bits per heavy atom. The Bertz CT molecular complexity index is 656. The molecule has 1 saturated carbocycles. The first-order valence-corrected chi connectivity index (χ1v) is 7.64. The van der Waals surface area contributed by atoms with Gasteiger partial charge in [-0.1, -0.05) is 24.6 Å². The number of aromatic nitrogens is 2. The summed E-state index contributed by atoms with van der Waals surface area (Å²) >= 11 is 5.86. The van der Waals surface area contributed by atoms with Gasteiger partial charge in [0.1, 0.15) is 5.82 Å². The van der Waals surface area contributed by atoms with Crippen LogP contribution in [0.2, 0.25) is 5.02 Å². The van der Waals surface area contributed by atoms with Crippen LogP contribution in [0.4, 0.5) is 10.2 Å². The minimum Gasteiger partial charge on any atom is -0.370 e. The highest BCUT2D eigenvalue weighted by molar-refractivity contribution is 6.31. The van der Waals surface area contributed by atoms with Crippen molar-refractivity contribution in [3.8, 4) is 11.4 Å². The molecular weight excluding hydrogens is 289 g/mol. The van der Waals surface area contributed by atoms with E-state index in [1.165, 1.54) is 6.07 Å². The largest absolute Gasteiger partial charge is 0.370 e. The fourth-order valence-electron chi connectivity index (χ4n) is 2.19. The molecule has 0 aliphatic heterocycles. The van der Waals surface area contributed by atoms with Crippen LogP contribution in [-0.4, -0.2) is 16.5 Å². The molecule has 1 aliphatic rings. The van der Waals surface area contributed by atoms with Crippen molar-refractivity contribution in [3.63, 3.8) is 0 Å². The number of anilines is 1. The second-order valence-electron chi connectivity index (χ2n) is 5.30. The molecular formula is C16H17ClFN3. The molecule has 1 fully saturated rings. The highest BCUT2D eigenvalue weighted by Gasteiger charge is 2.26. The van der Waals surface area contributed by atoms with E-state index in [0.29, 0.717) is 17.3 Å². The van der Waals surface area contributed by atoms with Gasteiger partial charge in [0.15, 0.2) is 11.6 Å². The van der Waals surface area contributed by atoms with E-state index in [0.717, 1.165) is 37.3 Å². The van der Waals surface area contributed by atoms with Gasteiger partial charge in [0.25, 0.3) is 0 Å². The smallest absolute Gasteiger partial charge is 0.164 e. The third-order valence-corrected chi connectivity index (χ3v) is 3.78. The number of hydrogen-bond acceptors (Lipinski definition) is 3. The van der Waals surface area contributed by atoms with Crippen LogP contribution in [0.5, 0.6) is 0 Å². The second-order valence-corrected chi connectivity index (χ2v) is 5.71. The topological polar surface area (TPSA) is 37.8 Å². The van der Waals surface area contributed by atoms with E-state index < -0.39 is 5.82 Å². The molecule has 0 radical (unpaired) electrons. The van der Waals surface area contributed by atoms with Gasteiger partial charge in [0.05, 0.1) is 10.6 Å². The molecule has 1 aromatic carbocycles. The summed E-state index contributed by atoms with van der Waals surface area (Å²) in [6.45, 7) is 2.92. The van der Waals surface area contributed by atoms with Gasteiger partial charge in [0, 0.05) is 24.2 Å². The molecule has 0 atom stereocenters. The summed E-state index contributed by atoms with van der Waals surface area (Å²) in [5.74, 6) is 1.17. The van der Waals surface area contributed by atoms with E-state index in [2.05, 4.69) is 22.2 Å². The number of halogens is 2. The van der Waals surface area contributed by atoms with Crippen LogP contribution in [-0.2, 0) is 0 Å². The molecule has 0 saturated heterocycles. The van der Waals surface area contributed by atoms with Crippen LogP contribution < -0.4 is 5.32 Å². The van der Waals surface area contributed by atoms with Crippen LogP contribution in [0.1, 0.15) is 37.8 Å². The van der Waals surface area contributed by atoms with Gasteiger partial charge in [-0.05, 0) is 31.4 Å². The predicted molar refractivity (Wildman–Crippen MR) is 83.2 cm³/mol. The molecule has 1 heterocycles. The Balaban J connectivity index is 2.03. The lowest BCUT2D eigenvalue weighted by molar-refractivity contribution is 0.630. The van der Waals surface area contributed by atoms with Crippen molar-refractivity contribution in [2.45, 2.75) is 32.1 Å². The third kappa shape index (κ3) is 3.16. The normalized spacial score (nSPS) is 14.2. The Morgan fingerprint density at radius 1 is 1.33 bits per heavy atom. The van der Waals surface area contributed by atoms with Crippen LogP contribution in [0.3, 0.4) is 0 Å². The van der Waals surface area contributed by atoms with Crippen LogP contribution in [0.15, 0.2) is 24.3 Å². The lowest BCUT2D eigenvalue weighted by atomic mass is 10.2. The maximum atomic E-state index is 14.2. The quantitative estimate of drug-likeness (QED) is 0.874. The Labute approximate surface area is 128 Å². The third-order valence-electron chi connectivity index (χ3n) is 3.49.